The van der Waals surface area contributed by atoms with Gasteiger partial charge < -0.3 is 15.5 Å². The average molecular weight is 305 g/mol. The van der Waals surface area contributed by atoms with Gasteiger partial charge in [0.1, 0.15) is 0 Å². The highest BCUT2D eigenvalue weighted by molar-refractivity contribution is 7.80. The second-order valence-electron chi connectivity index (χ2n) is 6.30. The van der Waals surface area contributed by atoms with Gasteiger partial charge in [0, 0.05) is 30.9 Å². The molecule has 1 heterocycles. The van der Waals surface area contributed by atoms with Gasteiger partial charge in [0.25, 0.3) is 0 Å². The summed E-state index contributed by atoms with van der Waals surface area (Å²) in [7, 11) is 0. The minimum Gasteiger partial charge on any atom is -0.360 e. The third kappa shape index (κ3) is 4.68. The minimum absolute atomic E-state index is 0.492. The van der Waals surface area contributed by atoms with E-state index in [0.29, 0.717) is 12.1 Å². The van der Waals surface area contributed by atoms with Crippen LogP contribution in [0.2, 0.25) is 0 Å². The Morgan fingerprint density at radius 3 is 2.43 bits per heavy atom. The number of anilines is 1. The summed E-state index contributed by atoms with van der Waals surface area (Å²) in [6, 6.07) is 7.49. The molecule has 0 spiro atoms. The molecule has 0 bridgehead atoms. The lowest BCUT2D eigenvalue weighted by molar-refractivity contribution is 0.168. The van der Waals surface area contributed by atoms with Gasteiger partial charge >= 0.3 is 0 Å². The standard InChI is InChI=1S/C17H27N3S/c1-12(2)20-9-7-15(8-10-20)18-17(21)19-16-6-5-13(3)14(4)11-16/h5-6,11-12,15H,7-10H2,1-4H3,(H2,18,19,21). The Morgan fingerprint density at radius 2 is 1.86 bits per heavy atom. The van der Waals surface area contributed by atoms with E-state index in [9.17, 15) is 0 Å². The third-order valence-electron chi connectivity index (χ3n) is 4.36. The fourth-order valence-corrected chi connectivity index (χ4v) is 3.02. The normalized spacial score (nSPS) is 17.0. The van der Waals surface area contributed by atoms with E-state index in [0.717, 1.165) is 36.7 Å². The molecule has 0 aromatic heterocycles. The fourth-order valence-electron chi connectivity index (χ4n) is 2.73. The summed E-state index contributed by atoms with van der Waals surface area (Å²) in [5, 5.41) is 7.49. The van der Waals surface area contributed by atoms with Crippen LogP contribution in [0.15, 0.2) is 18.2 Å². The van der Waals surface area contributed by atoms with Gasteiger partial charge in [0.2, 0.25) is 0 Å². The molecule has 1 aliphatic rings. The molecule has 0 unspecified atom stereocenters. The number of hydrogen-bond acceptors (Lipinski definition) is 2. The van der Waals surface area contributed by atoms with Crippen LogP contribution in [-0.2, 0) is 0 Å². The number of hydrogen-bond donors (Lipinski definition) is 2. The molecule has 1 saturated heterocycles. The molecule has 3 nitrogen and oxygen atoms in total. The number of likely N-dealkylation sites (tertiary alicyclic amines) is 1. The van der Waals surface area contributed by atoms with E-state index >= 15 is 0 Å². The number of thiocarbonyl (C=S) groups is 1. The Kier molecular flexibility index (Phi) is 5.59. The Morgan fingerprint density at radius 1 is 1.19 bits per heavy atom. The van der Waals surface area contributed by atoms with Gasteiger partial charge in [0.15, 0.2) is 5.11 Å². The molecule has 0 atom stereocenters. The van der Waals surface area contributed by atoms with Crippen LogP contribution in [0.1, 0.15) is 37.8 Å². The van der Waals surface area contributed by atoms with Gasteiger partial charge in [-0.05, 0) is 76.0 Å². The van der Waals surface area contributed by atoms with Crippen molar-refractivity contribution in [3.63, 3.8) is 0 Å². The van der Waals surface area contributed by atoms with Crippen molar-refractivity contribution in [3.8, 4) is 0 Å². The minimum atomic E-state index is 0.492. The number of piperidine rings is 1. The SMILES string of the molecule is Cc1ccc(NC(=S)NC2CCN(C(C)C)CC2)cc1C. The summed E-state index contributed by atoms with van der Waals surface area (Å²) in [5.41, 5.74) is 3.66. The maximum atomic E-state index is 5.44. The molecule has 0 amide bonds. The summed E-state index contributed by atoms with van der Waals surface area (Å²) in [6.07, 6.45) is 2.32. The van der Waals surface area contributed by atoms with Crippen LogP contribution < -0.4 is 10.6 Å². The van der Waals surface area contributed by atoms with Crippen LogP contribution in [0.3, 0.4) is 0 Å². The van der Waals surface area contributed by atoms with Gasteiger partial charge in [-0.15, -0.1) is 0 Å². The predicted molar refractivity (Wildman–Crippen MR) is 95.0 cm³/mol. The Hall–Kier alpha value is -1.13. The maximum absolute atomic E-state index is 5.44. The largest absolute Gasteiger partial charge is 0.360 e. The van der Waals surface area contributed by atoms with E-state index in [-0.39, 0.29) is 0 Å². The second kappa shape index (κ2) is 7.23. The second-order valence-corrected chi connectivity index (χ2v) is 6.71. The molecule has 21 heavy (non-hydrogen) atoms. The van der Waals surface area contributed by atoms with Crippen LogP contribution in [0.25, 0.3) is 0 Å². The van der Waals surface area contributed by atoms with Crippen molar-refractivity contribution >= 4 is 23.0 Å². The van der Waals surface area contributed by atoms with Crippen molar-refractivity contribution < 1.29 is 0 Å². The zero-order valence-corrected chi connectivity index (χ0v) is 14.4. The van der Waals surface area contributed by atoms with E-state index in [1.807, 2.05) is 0 Å². The smallest absolute Gasteiger partial charge is 0.170 e. The first kappa shape index (κ1) is 16.2. The van der Waals surface area contributed by atoms with Crippen molar-refractivity contribution in [1.29, 1.82) is 0 Å². The van der Waals surface area contributed by atoms with E-state index in [1.165, 1.54) is 11.1 Å². The predicted octanol–water partition coefficient (Wildman–Crippen LogP) is 3.46. The highest BCUT2D eigenvalue weighted by Gasteiger charge is 2.21. The van der Waals surface area contributed by atoms with E-state index in [2.05, 4.69) is 61.4 Å². The zero-order chi connectivity index (χ0) is 15.4. The quantitative estimate of drug-likeness (QED) is 0.836. The summed E-state index contributed by atoms with van der Waals surface area (Å²) in [6.45, 7) is 11.1. The fraction of sp³-hybridized carbons (Fsp3) is 0.588. The molecule has 2 rings (SSSR count). The van der Waals surface area contributed by atoms with E-state index in [1.54, 1.807) is 0 Å². The maximum Gasteiger partial charge on any atom is 0.170 e. The highest BCUT2D eigenvalue weighted by Crippen LogP contribution is 2.15. The monoisotopic (exact) mass is 305 g/mol. The van der Waals surface area contributed by atoms with Gasteiger partial charge in [-0.2, -0.15) is 0 Å². The molecule has 0 radical (unpaired) electrons. The number of nitrogens with zero attached hydrogens (tertiary/aromatic N) is 1. The van der Waals surface area contributed by atoms with Crippen molar-refractivity contribution in [2.45, 2.75) is 52.6 Å². The van der Waals surface area contributed by atoms with E-state index < -0.39 is 0 Å². The first-order chi connectivity index (χ1) is 9.95. The van der Waals surface area contributed by atoms with E-state index in [4.69, 9.17) is 12.2 Å². The average Bonchev–Trinajstić information content (AvgIpc) is 2.43. The van der Waals surface area contributed by atoms with Crippen molar-refractivity contribution in [2.24, 2.45) is 0 Å². The highest BCUT2D eigenvalue weighted by atomic mass is 32.1. The molecule has 0 aliphatic carbocycles. The van der Waals surface area contributed by atoms with Crippen LogP contribution in [-0.4, -0.2) is 35.2 Å². The number of nitrogens with one attached hydrogen (secondary N) is 2. The van der Waals surface area contributed by atoms with Crippen LogP contribution in [0.4, 0.5) is 5.69 Å². The van der Waals surface area contributed by atoms with Crippen molar-refractivity contribution in [1.82, 2.24) is 10.2 Å². The van der Waals surface area contributed by atoms with Gasteiger partial charge in [-0.25, -0.2) is 0 Å². The number of benzene rings is 1. The Balaban J connectivity index is 1.81. The van der Waals surface area contributed by atoms with Gasteiger partial charge in [-0.3, -0.25) is 0 Å². The Labute approximate surface area is 134 Å². The lowest BCUT2D eigenvalue weighted by Crippen LogP contribution is -2.47. The molecular formula is C17H27N3S. The molecule has 116 valence electrons. The van der Waals surface area contributed by atoms with Crippen molar-refractivity contribution in [3.05, 3.63) is 29.3 Å². The topological polar surface area (TPSA) is 27.3 Å². The third-order valence-corrected chi connectivity index (χ3v) is 4.58. The molecule has 1 aliphatic heterocycles. The first-order valence-electron chi connectivity index (χ1n) is 7.84. The molecule has 4 heteroatoms. The summed E-state index contributed by atoms with van der Waals surface area (Å²) >= 11 is 5.44. The van der Waals surface area contributed by atoms with Crippen molar-refractivity contribution in [2.75, 3.05) is 18.4 Å². The number of rotatable bonds is 3. The first-order valence-corrected chi connectivity index (χ1v) is 8.25. The molecular weight excluding hydrogens is 278 g/mol. The molecule has 0 saturated carbocycles. The summed E-state index contributed by atoms with van der Waals surface area (Å²) in [5.74, 6) is 0. The van der Waals surface area contributed by atoms with Crippen LogP contribution in [0, 0.1) is 13.8 Å². The van der Waals surface area contributed by atoms with Crippen LogP contribution in [0.5, 0.6) is 0 Å². The van der Waals surface area contributed by atoms with Gasteiger partial charge in [-0.1, -0.05) is 6.07 Å². The molecule has 2 N–H and O–H groups in total. The Bertz CT molecular complexity index is 491. The zero-order valence-electron chi connectivity index (χ0n) is 13.6. The lowest BCUT2D eigenvalue weighted by Gasteiger charge is -2.35. The summed E-state index contributed by atoms with van der Waals surface area (Å²) in [4.78, 5) is 2.53. The molecule has 1 aromatic rings. The summed E-state index contributed by atoms with van der Waals surface area (Å²) < 4.78 is 0. The molecule has 1 fully saturated rings. The number of aryl methyl sites for hydroxylation is 2. The van der Waals surface area contributed by atoms with Crippen LogP contribution >= 0.6 is 12.2 Å². The molecule has 1 aromatic carbocycles. The van der Waals surface area contributed by atoms with Gasteiger partial charge in [0.05, 0.1) is 0 Å². The lowest BCUT2D eigenvalue weighted by atomic mass is 10.0.